The van der Waals surface area contributed by atoms with Crippen LogP contribution in [-0.2, 0) is 12.6 Å². The number of rotatable bonds is 7. The number of aryl methyl sites for hydroxylation is 1. The topological polar surface area (TPSA) is 77.0 Å². The third-order valence-corrected chi connectivity index (χ3v) is 3.61. The van der Waals surface area contributed by atoms with Crippen molar-refractivity contribution in [3.63, 3.8) is 0 Å². The van der Waals surface area contributed by atoms with Gasteiger partial charge in [0.05, 0.1) is 5.69 Å². The lowest BCUT2D eigenvalue weighted by Gasteiger charge is -2.08. The summed E-state index contributed by atoms with van der Waals surface area (Å²) in [7, 11) is 0. The number of nitrogen functional groups attached to an aromatic ring is 1. The maximum absolute atomic E-state index is 13.2. The van der Waals surface area contributed by atoms with Gasteiger partial charge in [0.25, 0.3) is 0 Å². The molecule has 2 heterocycles. The lowest BCUT2D eigenvalue weighted by molar-refractivity contribution is -0.142. The first kappa shape index (κ1) is 18.0. The average molecular weight is 340 g/mol. The molecule has 5 nitrogen and oxygen atoms in total. The zero-order valence-corrected chi connectivity index (χ0v) is 13.1. The van der Waals surface area contributed by atoms with Crippen LogP contribution < -0.4 is 5.73 Å². The Kier molecular flexibility index (Phi) is 5.61. The van der Waals surface area contributed by atoms with Crippen LogP contribution in [-0.4, -0.2) is 26.5 Å². The number of alkyl halides is 3. The molecule has 0 atom stereocenters. The van der Waals surface area contributed by atoms with E-state index in [4.69, 9.17) is 10.8 Å². The molecule has 0 amide bonds. The SMILES string of the molecule is C=Cc1c(-n2cc(CCCCCO)c(C(F)(F)F)n2)ccnc1N. The number of pyridine rings is 1. The summed E-state index contributed by atoms with van der Waals surface area (Å²) in [6, 6.07) is 1.54. The van der Waals surface area contributed by atoms with Gasteiger partial charge in [-0.1, -0.05) is 19.1 Å². The van der Waals surface area contributed by atoms with Crippen LogP contribution in [0, 0.1) is 0 Å². The van der Waals surface area contributed by atoms with E-state index in [2.05, 4.69) is 16.7 Å². The summed E-state index contributed by atoms with van der Waals surface area (Å²) in [5, 5.41) is 12.5. The van der Waals surface area contributed by atoms with Crippen LogP contribution in [0.2, 0.25) is 0 Å². The van der Waals surface area contributed by atoms with Gasteiger partial charge in [0, 0.05) is 30.1 Å². The molecule has 24 heavy (non-hydrogen) atoms. The molecule has 0 bridgehead atoms. The number of halogens is 3. The highest BCUT2D eigenvalue weighted by Gasteiger charge is 2.37. The smallest absolute Gasteiger partial charge is 0.396 e. The van der Waals surface area contributed by atoms with E-state index < -0.39 is 11.9 Å². The minimum absolute atomic E-state index is 0.0321. The van der Waals surface area contributed by atoms with Crippen molar-refractivity contribution in [2.24, 2.45) is 0 Å². The number of hydrogen-bond acceptors (Lipinski definition) is 4. The maximum Gasteiger partial charge on any atom is 0.435 e. The zero-order chi connectivity index (χ0) is 17.7. The monoisotopic (exact) mass is 340 g/mol. The molecule has 0 spiro atoms. The second-order valence-electron chi connectivity index (χ2n) is 5.31. The Morgan fingerprint density at radius 1 is 1.29 bits per heavy atom. The Labute approximate surface area is 137 Å². The van der Waals surface area contributed by atoms with Crippen molar-refractivity contribution in [2.45, 2.75) is 31.9 Å². The summed E-state index contributed by atoms with van der Waals surface area (Å²) in [4.78, 5) is 3.90. The first-order chi connectivity index (χ1) is 11.4. The summed E-state index contributed by atoms with van der Waals surface area (Å²) in [6.07, 6.45) is 1.67. The first-order valence-corrected chi connectivity index (χ1v) is 7.52. The highest BCUT2D eigenvalue weighted by atomic mass is 19.4. The molecule has 0 aliphatic heterocycles. The van der Waals surface area contributed by atoms with Gasteiger partial charge >= 0.3 is 6.18 Å². The van der Waals surface area contributed by atoms with Gasteiger partial charge in [-0.2, -0.15) is 18.3 Å². The molecule has 0 unspecified atom stereocenters. The Balaban J connectivity index is 2.40. The average Bonchev–Trinajstić information content (AvgIpc) is 2.95. The molecule has 0 aromatic carbocycles. The number of aliphatic hydroxyl groups excluding tert-OH is 1. The molecular formula is C16H19F3N4O. The van der Waals surface area contributed by atoms with E-state index >= 15 is 0 Å². The van der Waals surface area contributed by atoms with Crippen LogP contribution in [0.4, 0.5) is 19.0 Å². The number of anilines is 1. The van der Waals surface area contributed by atoms with Gasteiger partial charge in [-0.15, -0.1) is 0 Å². The standard InChI is InChI=1S/C16H19F3N4O/c1-2-12-13(7-8-21-15(12)20)23-10-11(6-4-3-5-9-24)14(22-23)16(17,18)19/h2,7-8,10,24H,1,3-6,9H2,(H2,20,21). The van der Waals surface area contributed by atoms with E-state index in [-0.39, 0.29) is 24.4 Å². The molecule has 0 aliphatic rings. The predicted molar refractivity (Wildman–Crippen MR) is 85.5 cm³/mol. The second-order valence-corrected chi connectivity index (χ2v) is 5.31. The van der Waals surface area contributed by atoms with Gasteiger partial charge in [-0.05, 0) is 25.3 Å². The van der Waals surface area contributed by atoms with Gasteiger partial charge in [0.15, 0.2) is 5.69 Å². The second kappa shape index (κ2) is 7.48. The molecular weight excluding hydrogens is 321 g/mol. The van der Waals surface area contributed by atoms with Crippen LogP contribution >= 0.6 is 0 Å². The lowest BCUT2D eigenvalue weighted by Crippen LogP contribution is -2.10. The van der Waals surface area contributed by atoms with Crippen LogP contribution in [0.25, 0.3) is 11.8 Å². The van der Waals surface area contributed by atoms with E-state index in [0.717, 1.165) is 0 Å². The van der Waals surface area contributed by atoms with Crippen LogP contribution in [0.5, 0.6) is 0 Å². The van der Waals surface area contributed by atoms with Crippen molar-refractivity contribution < 1.29 is 18.3 Å². The molecule has 2 aromatic heterocycles. The van der Waals surface area contributed by atoms with Crippen molar-refractivity contribution in [1.82, 2.24) is 14.8 Å². The fraction of sp³-hybridized carbons (Fsp3) is 0.375. The van der Waals surface area contributed by atoms with E-state index in [9.17, 15) is 13.2 Å². The minimum atomic E-state index is -4.54. The molecule has 130 valence electrons. The molecule has 0 saturated heterocycles. The van der Waals surface area contributed by atoms with Crippen LogP contribution in [0.3, 0.4) is 0 Å². The summed E-state index contributed by atoms with van der Waals surface area (Å²) in [5.74, 6) is 0.177. The third kappa shape index (κ3) is 3.94. The van der Waals surface area contributed by atoms with Gasteiger partial charge < -0.3 is 10.8 Å². The molecule has 2 aromatic rings. The molecule has 0 saturated carbocycles. The Bertz CT molecular complexity index is 710. The summed E-state index contributed by atoms with van der Waals surface area (Å²) in [5.41, 5.74) is 5.78. The highest BCUT2D eigenvalue weighted by Crippen LogP contribution is 2.33. The number of unbranched alkanes of at least 4 members (excludes halogenated alkanes) is 2. The summed E-state index contributed by atoms with van der Waals surface area (Å²) >= 11 is 0. The lowest BCUT2D eigenvalue weighted by atomic mass is 10.1. The number of hydrogen-bond donors (Lipinski definition) is 2. The Morgan fingerprint density at radius 3 is 2.67 bits per heavy atom. The van der Waals surface area contributed by atoms with Crippen molar-refractivity contribution in [3.8, 4) is 5.69 Å². The van der Waals surface area contributed by atoms with Gasteiger partial charge in [0.1, 0.15) is 5.82 Å². The van der Waals surface area contributed by atoms with Crippen LogP contribution in [0.1, 0.15) is 36.1 Å². The maximum atomic E-state index is 13.2. The van der Waals surface area contributed by atoms with Crippen molar-refractivity contribution in [1.29, 1.82) is 0 Å². The Hall–Kier alpha value is -2.35. The normalized spacial score (nSPS) is 11.7. The van der Waals surface area contributed by atoms with Gasteiger partial charge in [-0.25, -0.2) is 9.67 Å². The summed E-state index contributed by atoms with van der Waals surface area (Å²) in [6.45, 7) is 3.65. The highest BCUT2D eigenvalue weighted by molar-refractivity contribution is 5.68. The molecule has 0 radical (unpaired) electrons. The molecule has 0 fully saturated rings. The number of nitrogens with two attached hydrogens (primary N) is 1. The van der Waals surface area contributed by atoms with E-state index in [0.29, 0.717) is 30.5 Å². The van der Waals surface area contributed by atoms with Crippen LogP contribution in [0.15, 0.2) is 25.0 Å². The molecule has 0 aliphatic carbocycles. The third-order valence-electron chi connectivity index (χ3n) is 3.61. The predicted octanol–water partition coefficient (Wildman–Crippen LogP) is 3.22. The first-order valence-electron chi connectivity index (χ1n) is 7.52. The fourth-order valence-corrected chi connectivity index (χ4v) is 2.45. The van der Waals surface area contributed by atoms with Crippen molar-refractivity contribution >= 4 is 11.9 Å². The minimum Gasteiger partial charge on any atom is -0.396 e. The van der Waals surface area contributed by atoms with Gasteiger partial charge in [-0.3, -0.25) is 0 Å². The molecule has 3 N–H and O–H groups in total. The van der Waals surface area contributed by atoms with E-state index in [1.54, 1.807) is 0 Å². The van der Waals surface area contributed by atoms with Crippen molar-refractivity contribution in [2.75, 3.05) is 12.3 Å². The molecule has 2 rings (SSSR count). The fourth-order valence-electron chi connectivity index (χ4n) is 2.45. The van der Waals surface area contributed by atoms with Gasteiger partial charge in [0.2, 0.25) is 0 Å². The van der Waals surface area contributed by atoms with E-state index in [1.165, 1.54) is 29.2 Å². The zero-order valence-electron chi connectivity index (χ0n) is 13.1. The largest absolute Gasteiger partial charge is 0.435 e. The number of aliphatic hydroxyl groups is 1. The number of aromatic nitrogens is 3. The van der Waals surface area contributed by atoms with E-state index in [1.807, 2.05) is 0 Å². The quantitative estimate of drug-likeness (QED) is 0.759. The molecule has 8 heteroatoms. The Morgan fingerprint density at radius 2 is 2.04 bits per heavy atom. The van der Waals surface area contributed by atoms with Crippen molar-refractivity contribution in [3.05, 3.63) is 41.9 Å². The summed E-state index contributed by atoms with van der Waals surface area (Å²) < 4.78 is 40.9. The number of nitrogens with zero attached hydrogens (tertiary/aromatic N) is 3.